The topological polar surface area (TPSA) is 73.6 Å². The first-order valence-electron chi connectivity index (χ1n) is 5.98. The number of carboxylic acids is 1. The van der Waals surface area contributed by atoms with E-state index in [4.69, 9.17) is 16.6 Å². The molecule has 2 heterocycles. The first kappa shape index (κ1) is 14.8. The second-order valence-corrected chi connectivity index (χ2v) is 5.92. The highest BCUT2D eigenvalue weighted by molar-refractivity contribution is 8.26. The molecule has 0 bridgehead atoms. The number of thiocarbonyl (C=S) groups is 1. The second kappa shape index (κ2) is 5.80. The Morgan fingerprint density at radius 2 is 2.30 bits per heavy atom. The lowest BCUT2D eigenvalue weighted by molar-refractivity contribution is -0.310. The van der Waals surface area contributed by atoms with E-state index in [0.717, 1.165) is 22.4 Å². The maximum atomic E-state index is 12.2. The molecule has 0 spiro atoms. The number of carbonyl (C=O) groups is 2. The molecule has 5 nitrogen and oxygen atoms in total. The average molecular weight is 310 g/mol. The van der Waals surface area contributed by atoms with E-state index in [0.29, 0.717) is 10.7 Å². The second-order valence-electron chi connectivity index (χ2n) is 4.24. The van der Waals surface area contributed by atoms with Crippen molar-refractivity contribution in [2.45, 2.75) is 26.3 Å². The van der Waals surface area contributed by atoms with E-state index in [1.165, 1.54) is 0 Å². The van der Waals surface area contributed by atoms with Crippen LogP contribution in [0.4, 0.5) is 0 Å². The van der Waals surface area contributed by atoms with Gasteiger partial charge < -0.3 is 14.3 Å². The molecule has 1 aromatic heterocycles. The van der Waals surface area contributed by atoms with Crippen LogP contribution in [0.15, 0.2) is 21.5 Å². The number of carboxylic acid groups (broad SMARTS) is 1. The average Bonchev–Trinajstić information content (AvgIpc) is 2.89. The fraction of sp³-hybridized carbons (Fsp3) is 0.308. The van der Waals surface area contributed by atoms with Crippen LogP contribution in [0.1, 0.15) is 24.9 Å². The standard InChI is InChI=1S/C13H13NO4S2/c1-3-9(12(16)17)14-11(15)10(20-13(14)19)6-8-5-4-7(2)18-8/h4-6,9H,3H2,1-2H3,(H,16,17)/p-1/t9-/m1/s1. The Morgan fingerprint density at radius 3 is 2.80 bits per heavy atom. The number of carbonyl (C=O) groups excluding carboxylic acids is 2. The quantitative estimate of drug-likeness (QED) is 0.617. The van der Waals surface area contributed by atoms with Crippen LogP contribution in [0, 0.1) is 6.92 Å². The van der Waals surface area contributed by atoms with Crippen molar-refractivity contribution in [1.82, 2.24) is 4.90 Å². The Hall–Kier alpha value is -1.60. The molecule has 1 aromatic rings. The SMILES string of the molecule is CC[C@H](C(=O)[O-])N1C(=O)C(=Cc2ccc(C)o2)SC1=S. The van der Waals surface area contributed by atoms with Crippen molar-refractivity contribution in [3.63, 3.8) is 0 Å². The van der Waals surface area contributed by atoms with Crippen LogP contribution in [0.3, 0.4) is 0 Å². The van der Waals surface area contributed by atoms with Gasteiger partial charge in [-0.2, -0.15) is 0 Å². The van der Waals surface area contributed by atoms with Crippen molar-refractivity contribution in [2.24, 2.45) is 0 Å². The zero-order chi connectivity index (χ0) is 14.9. The van der Waals surface area contributed by atoms with Crippen LogP contribution in [-0.4, -0.2) is 27.1 Å². The lowest BCUT2D eigenvalue weighted by atomic mass is 10.2. The molecule has 1 aliphatic rings. The lowest BCUT2D eigenvalue weighted by Gasteiger charge is -2.26. The van der Waals surface area contributed by atoms with Crippen molar-refractivity contribution in [1.29, 1.82) is 0 Å². The van der Waals surface area contributed by atoms with Gasteiger partial charge in [0.25, 0.3) is 5.91 Å². The Labute approximate surface area is 125 Å². The van der Waals surface area contributed by atoms with E-state index in [-0.39, 0.29) is 10.7 Å². The molecule has 1 aliphatic heterocycles. The molecule has 2 rings (SSSR count). The molecule has 0 N–H and O–H groups in total. The Balaban J connectivity index is 2.29. The number of thioether (sulfide) groups is 1. The Morgan fingerprint density at radius 1 is 1.60 bits per heavy atom. The number of aliphatic carboxylic acids is 1. The van der Waals surface area contributed by atoms with E-state index in [1.54, 1.807) is 32.1 Å². The Bertz CT molecular complexity index is 605. The molecule has 106 valence electrons. The summed E-state index contributed by atoms with van der Waals surface area (Å²) in [7, 11) is 0. The number of furan rings is 1. The summed E-state index contributed by atoms with van der Waals surface area (Å²) >= 11 is 6.15. The van der Waals surface area contributed by atoms with Gasteiger partial charge in [-0.25, -0.2) is 0 Å². The van der Waals surface area contributed by atoms with Gasteiger partial charge in [0.1, 0.15) is 15.8 Å². The van der Waals surface area contributed by atoms with Crippen LogP contribution < -0.4 is 5.11 Å². The van der Waals surface area contributed by atoms with Gasteiger partial charge in [-0.05, 0) is 25.5 Å². The van der Waals surface area contributed by atoms with Crippen LogP contribution in [0.25, 0.3) is 6.08 Å². The molecule has 0 radical (unpaired) electrons. The maximum absolute atomic E-state index is 12.2. The third kappa shape index (κ3) is 2.78. The van der Waals surface area contributed by atoms with E-state index in [1.807, 2.05) is 0 Å². The molecule has 0 saturated carbocycles. The summed E-state index contributed by atoms with van der Waals surface area (Å²) in [6, 6.07) is 2.48. The van der Waals surface area contributed by atoms with E-state index in [2.05, 4.69) is 0 Å². The van der Waals surface area contributed by atoms with Crippen LogP contribution in [0.5, 0.6) is 0 Å². The summed E-state index contributed by atoms with van der Waals surface area (Å²) in [5.41, 5.74) is 0. The number of rotatable bonds is 4. The minimum Gasteiger partial charge on any atom is -0.548 e. The molecule has 1 fully saturated rings. The van der Waals surface area contributed by atoms with Crippen LogP contribution >= 0.6 is 24.0 Å². The smallest absolute Gasteiger partial charge is 0.266 e. The highest BCUT2D eigenvalue weighted by Gasteiger charge is 2.37. The van der Waals surface area contributed by atoms with Gasteiger partial charge in [0.15, 0.2) is 0 Å². The van der Waals surface area contributed by atoms with Gasteiger partial charge in [-0.15, -0.1) is 0 Å². The fourth-order valence-electron chi connectivity index (χ4n) is 1.86. The largest absolute Gasteiger partial charge is 0.548 e. The van der Waals surface area contributed by atoms with E-state index >= 15 is 0 Å². The van der Waals surface area contributed by atoms with Gasteiger partial charge in [0.05, 0.1) is 16.9 Å². The number of aryl methyl sites for hydroxylation is 1. The summed E-state index contributed by atoms with van der Waals surface area (Å²) in [4.78, 5) is 24.8. The van der Waals surface area contributed by atoms with Gasteiger partial charge in [0, 0.05) is 6.08 Å². The molecule has 7 heteroatoms. The third-order valence-corrected chi connectivity index (χ3v) is 4.16. The van der Waals surface area contributed by atoms with Crippen molar-refractivity contribution < 1.29 is 19.1 Å². The summed E-state index contributed by atoms with van der Waals surface area (Å²) in [6.45, 7) is 3.46. The van der Waals surface area contributed by atoms with Gasteiger partial charge in [-0.3, -0.25) is 9.69 Å². The third-order valence-electron chi connectivity index (χ3n) is 2.83. The van der Waals surface area contributed by atoms with Crippen molar-refractivity contribution in [2.75, 3.05) is 0 Å². The number of hydrogen-bond acceptors (Lipinski definition) is 6. The van der Waals surface area contributed by atoms with Crippen molar-refractivity contribution in [3.05, 3.63) is 28.6 Å². The summed E-state index contributed by atoms with van der Waals surface area (Å²) in [5.74, 6) is -0.471. The molecular formula is C13H12NO4S2-. The molecule has 20 heavy (non-hydrogen) atoms. The molecule has 1 atom stereocenters. The number of hydrogen-bond donors (Lipinski definition) is 0. The van der Waals surface area contributed by atoms with E-state index in [9.17, 15) is 14.7 Å². The monoisotopic (exact) mass is 310 g/mol. The summed E-state index contributed by atoms with van der Waals surface area (Å²) < 4.78 is 5.59. The van der Waals surface area contributed by atoms with Gasteiger partial charge in [-0.1, -0.05) is 30.9 Å². The predicted octanol–water partition coefficient (Wildman–Crippen LogP) is 1.32. The first-order valence-corrected chi connectivity index (χ1v) is 7.21. The zero-order valence-electron chi connectivity index (χ0n) is 10.9. The minimum absolute atomic E-state index is 0.223. The minimum atomic E-state index is -1.31. The van der Waals surface area contributed by atoms with Crippen molar-refractivity contribution >= 4 is 46.3 Å². The number of nitrogens with zero attached hydrogens (tertiary/aromatic N) is 1. The zero-order valence-corrected chi connectivity index (χ0v) is 12.5. The number of amides is 1. The predicted molar refractivity (Wildman–Crippen MR) is 77.5 cm³/mol. The molecular weight excluding hydrogens is 298 g/mol. The molecule has 0 unspecified atom stereocenters. The Kier molecular flexibility index (Phi) is 4.29. The van der Waals surface area contributed by atoms with Gasteiger partial charge >= 0.3 is 0 Å². The fourth-order valence-corrected chi connectivity index (χ4v) is 3.20. The normalized spacial score (nSPS) is 18.9. The summed E-state index contributed by atoms with van der Waals surface area (Å²) in [6.07, 6.45) is 1.80. The van der Waals surface area contributed by atoms with Crippen molar-refractivity contribution in [3.8, 4) is 0 Å². The highest BCUT2D eigenvalue weighted by Crippen LogP contribution is 2.34. The molecule has 1 amide bonds. The maximum Gasteiger partial charge on any atom is 0.266 e. The first-order chi connectivity index (χ1) is 9.43. The van der Waals surface area contributed by atoms with Crippen LogP contribution in [-0.2, 0) is 9.59 Å². The highest BCUT2D eigenvalue weighted by atomic mass is 32.2. The molecule has 0 aliphatic carbocycles. The van der Waals surface area contributed by atoms with Gasteiger partial charge in [0.2, 0.25) is 0 Å². The molecule has 0 aromatic carbocycles. The summed E-state index contributed by atoms with van der Waals surface area (Å²) in [5, 5.41) is 11.1. The lowest BCUT2D eigenvalue weighted by Crippen LogP contribution is -2.49. The van der Waals surface area contributed by atoms with Crippen LogP contribution in [0.2, 0.25) is 0 Å². The molecule has 1 saturated heterocycles. The van der Waals surface area contributed by atoms with E-state index < -0.39 is 17.9 Å².